The summed E-state index contributed by atoms with van der Waals surface area (Å²) < 4.78 is 0.646. The second-order valence-corrected chi connectivity index (χ2v) is 3.26. The van der Waals surface area contributed by atoms with Crippen molar-refractivity contribution < 1.29 is 4.92 Å². The minimum Gasteiger partial charge on any atom is -0.311 e. The van der Waals surface area contributed by atoms with Crippen LogP contribution in [0.2, 0.25) is 0 Å². The minimum absolute atomic E-state index is 0.00891. The molecule has 1 aromatic carbocycles. The van der Waals surface area contributed by atoms with E-state index in [0.717, 1.165) is 0 Å². The van der Waals surface area contributed by atoms with E-state index in [1.807, 2.05) is 0 Å². The second kappa shape index (κ2) is 4.01. The van der Waals surface area contributed by atoms with E-state index < -0.39 is 4.92 Å². The van der Waals surface area contributed by atoms with Crippen LogP contribution in [0.25, 0.3) is 4.85 Å². The Kier molecular flexibility index (Phi) is 2.98. The Morgan fingerprint density at radius 3 is 2.85 bits per heavy atom. The zero-order valence-corrected chi connectivity index (χ0v) is 8.11. The molecular formula is C8H5BrN2O2. The molecule has 0 bridgehead atoms. The summed E-state index contributed by atoms with van der Waals surface area (Å²) in [5.74, 6) is 0. The van der Waals surface area contributed by atoms with Crippen molar-refractivity contribution in [2.45, 2.75) is 6.54 Å². The van der Waals surface area contributed by atoms with Crippen molar-refractivity contribution in [3.05, 3.63) is 49.8 Å². The highest BCUT2D eigenvalue weighted by atomic mass is 79.9. The molecule has 0 aliphatic heterocycles. The zero-order chi connectivity index (χ0) is 9.84. The van der Waals surface area contributed by atoms with Gasteiger partial charge in [0.1, 0.15) is 5.56 Å². The van der Waals surface area contributed by atoms with Crippen LogP contribution in [0.4, 0.5) is 5.69 Å². The van der Waals surface area contributed by atoms with Gasteiger partial charge in [0.2, 0.25) is 6.54 Å². The van der Waals surface area contributed by atoms with Gasteiger partial charge in [-0.25, -0.2) is 6.57 Å². The average Bonchev–Trinajstić information content (AvgIpc) is 2.08. The highest BCUT2D eigenvalue weighted by Gasteiger charge is 2.15. The molecule has 0 fully saturated rings. The molecule has 13 heavy (non-hydrogen) atoms. The lowest BCUT2D eigenvalue weighted by Crippen LogP contribution is -1.93. The van der Waals surface area contributed by atoms with Crippen LogP contribution in [0.3, 0.4) is 0 Å². The highest BCUT2D eigenvalue weighted by Crippen LogP contribution is 2.23. The maximum Gasteiger partial charge on any atom is 0.281 e. The first-order chi connectivity index (χ1) is 6.15. The van der Waals surface area contributed by atoms with Gasteiger partial charge in [-0.1, -0.05) is 15.9 Å². The molecule has 0 radical (unpaired) electrons. The van der Waals surface area contributed by atoms with Gasteiger partial charge < -0.3 is 4.85 Å². The maximum absolute atomic E-state index is 10.5. The SMILES string of the molecule is [C-]#[N+]Cc1ccc(Br)cc1[N+](=O)[O-]. The van der Waals surface area contributed by atoms with Crippen LogP contribution in [0.15, 0.2) is 22.7 Å². The van der Waals surface area contributed by atoms with Gasteiger partial charge in [-0.05, 0) is 12.1 Å². The Morgan fingerprint density at radius 1 is 1.62 bits per heavy atom. The zero-order valence-electron chi connectivity index (χ0n) is 6.53. The molecule has 1 aromatic rings. The Labute approximate surface area is 83.3 Å². The van der Waals surface area contributed by atoms with Gasteiger partial charge in [-0.2, -0.15) is 0 Å². The van der Waals surface area contributed by atoms with Crippen LogP contribution in [0.1, 0.15) is 5.56 Å². The minimum atomic E-state index is -0.481. The first-order valence-electron chi connectivity index (χ1n) is 3.41. The van der Waals surface area contributed by atoms with E-state index >= 15 is 0 Å². The summed E-state index contributed by atoms with van der Waals surface area (Å²) >= 11 is 3.13. The van der Waals surface area contributed by atoms with Gasteiger partial charge in [0.15, 0.2) is 0 Å². The summed E-state index contributed by atoms with van der Waals surface area (Å²) in [7, 11) is 0. The third-order valence-corrected chi connectivity index (χ3v) is 1.99. The number of hydrogen-bond acceptors (Lipinski definition) is 2. The molecule has 0 saturated carbocycles. The molecule has 0 spiro atoms. The van der Waals surface area contributed by atoms with E-state index in [0.29, 0.717) is 10.0 Å². The van der Waals surface area contributed by atoms with E-state index in [-0.39, 0.29) is 12.2 Å². The van der Waals surface area contributed by atoms with Crippen LogP contribution in [-0.2, 0) is 6.54 Å². The summed E-state index contributed by atoms with van der Waals surface area (Å²) in [5.41, 5.74) is 0.438. The Hall–Kier alpha value is -1.41. The van der Waals surface area contributed by atoms with Crippen molar-refractivity contribution >= 4 is 21.6 Å². The lowest BCUT2D eigenvalue weighted by atomic mass is 10.2. The second-order valence-electron chi connectivity index (χ2n) is 2.35. The van der Waals surface area contributed by atoms with E-state index in [9.17, 15) is 10.1 Å². The Bertz CT molecular complexity index is 384. The van der Waals surface area contributed by atoms with Crippen LogP contribution < -0.4 is 0 Å². The monoisotopic (exact) mass is 240 g/mol. The molecule has 0 aromatic heterocycles. The first-order valence-corrected chi connectivity index (χ1v) is 4.20. The van der Waals surface area contributed by atoms with E-state index in [4.69, 9.17) is 6.57 Å². The summed E-state index contributed by atoms with van der Waals surface area (Å²) in [6, 6.07) is 4.67. The van der Waals surface area contributed by atoms with Crippen LogP contribution >= 0.6 is 15.9 Å². The first kappa shape index (κ1) is 9.68. The fourth-order valence-electron chi connectivity index (χ4n) is 0.926. The Balaban J connectivity index is 3.20. The predicted molar refractivity (Wildman–Crippen MR) is 51.1 cm³/mol. The van der Waals surface area contributed by atoms with Gasteiger partial charge in [0.05, 0.1) is 4.92 Å². The molecule has 0 atom stereocenters. The highest BCUT2D eigenvalue weighted by molar-refractivity contribution is 9.10. The van der Waals surface area contributed by atoms with Crippen molar-refractivity contribution in [1.29, 1.82) is 0 Å². The van der Waals surface area contributed by atoms with Crippen molar-refractivity contribution in [3.63, 3.8) is 0 Å². The van der Waals surface area contributed by atoms with Gasteiger partial charge >= 0.3 is 0 Å². The summed E-state index contributed by atoms with van der Waals surface area (Å²) in [4.78, 5) is 13.2. The third kappa shape index (κ3) is 2.26. The predicted octanol–water partition coefficient (Wildman–Crippen LogP) is 2.78. The molecule has 5 heteroatoms. The largest absolute Gasteiger partial charge is 0.311 e. The number of nitro benzene ring substituents is 1. The fourth-order valence-corrected chi connectivity index (χ4v) is 1.27. The number of nitro groups is 1. The van der Waals surface area contributed by atoms with Crippen molar-refractivity contribution in [1.82, 2.24) is 0 Å². The topological polar surface area (TPSA) is 47.5 Å². The number of halogens is 1. The maximum atomic E-state index is 10.5. The molecule has 0 aliphatic rings. The molecule has 66 valence electrons. The smallest absolute Gasteiger partial charge is 0.281 e. The summed E-state index contributed by atoms with van der Waals surface area (Å²) in [5, 5.41) is 10.5. The fraction of sp³-hybridized carbons (Fsp3) is 0.125. The number of rotatable bonds is 2. The van der Waals surface area contributed by atoms with Crippen molar-refractivity contribution in [3.8, 4) is 0 Å². The van der Waals surface area contributed by atoms with Gasteiger partial charge in [0, 0.05) is 10.5 Å². The molecule has 0 saturated heterocycles. The molecule has 0 heterocycles. The van der Waals surface area contributed by atoms with E-state index in [2.05, 4.69) is 20.8 Å². The lowest BCUT2D eigenvalue weighted by molar-refractivity contribution is -0.385. The lowest BCUT2D eigenvalue weighted by Gasteiger charge is -1.96. The van der Waals surface area contributed by atoms with Crippen LogP contribution in [-0.4, -0.2) is 4.92 Å². The normalized spacial score (nSPS) is 9.23. The van der Waals surface area contributed by atoms with Crippen molar-refractivity contribution in [2.75, 3.05) is 0 Å². The molecule has 0 amide bonds. The summed E-state index contributed by atoms with van der Waals surface area (Å²) in [6.45, 7) is 6.67. The molecule has 0 aliphatic carbocycles. The molecule has 0 unspecified atom stereocenters. The van der Waals surface area contributed by atoms with E-state index in [1.54, 1.807) is 12.1 Å². The van der Waals surface area contributed by atoms with Gasteiger partial charge in [-0.15, -0.1) is 0 Å². The Morgan fingerprint density at radius 2 is 2.31 bits per heavy atom. The van der Waals surface area contributed by atoms with Crippen LogP contribution in [0, 0.1) is 16.7 Å². The molecule has 0 N–H and O–H groups in total. The quantitative estimate of drug-likeness (QED) is 0.454. The van der Waals surface area contributed by atoms with E-state index in [1.165, 1.54) is 6.07 Å². The average molecular weight is 241 g/mol. The molecular weight excluding hydrogens is 236 g/mol. The number of hydrogen-bond donors (Lipinski definition) is 0. The number of nitrogens with zero attached hydrogens (tertiary/aromatic N) is 2. The van der Waals surface area contributed by atoms with Gasteiger partial charge in [-0.3, -0.25) is 10.1 Å². The van der Waals surface area contributed by atoms with Gasteiger partial charge in [0.25, 0.3) is 5.69 Å². The standard InChI is InChI=1S/C8H5BrN2O2/c1-10-5-6-2-3-7(9)4-8(6)11(12)13/h2-4H,5H2. The number of benzene rings is 1. The van der Waals surface area contributed by atoms with Crippen molar-refractivity contribution in [2.24, 2.45) is 0 Å². The third-order valence-electron chi connectivity index (χ3n) is 1.49. The molecule has 1 rings (SSSR count). The molecule has 4 nitrogen and oxygen atoms in total. The van der Waals surface area contributed by atoms with Crippen LogP contribution in [0.5, 0.6) is 0 Å². The summed E-state index contributed by atoms with van der Waals surface area (Å²) in [6.07, 6.45) is 0.